The van der Waals surface area contributed by atoms with Crippen LogP contribution in [0.15, 0.2) is 29.4 Å². The third-order valence-electron chi connectivity index (χ3n) is 4.47. The molecule has 2 bridgehead atoms. The van der Waals surface area contributed by atoms with Crippen molar-refractivity contribution in [2.75, 3.05) is 7.05 Å². The van der Waals surface area contributed by atoms with Gasteiger partial charge in [-0.2, -0.15) is 0 Å². The molecule has 0 aromatic heterocycles. The van der Waals surface area contributed by atoms with Crippen LogP contribution in [-0.4, -0.2) is 35.7 Å². The summed E-state index contributed by atoms with van der Waals surface area (Å²) < 4.78 is 0. The molecule has 20 heavy (non-hydrogen) atoms. The number of nitrogens with zero attached hydrogens (tertiary/aromatic N) is 2. The van der Waals surface area contributed by atoms with E-state index in [-0.39, 0.29) is 5.97 Å². The van der Waals surface area contributed by atoms with Crippen molar-refractivity contribution in [1.82, 2.24) is 4.90 Å². The van der Waals surface area contributed by atoms with Gasteiger partial charge in [-0.25, -0.2) is 4.79 Å². The van der Waals surface area contributed by atoms with Gasteiger partial charge < -0.3 is 4.84 Å². The first-order chi connectivity index (χ1) is 9.63. The highest BCUT2D eigenvalue weighted by Gasteiger charge is 2.36. The summed E-state index contributed by atoms with van der Waals surface area (Å²) in [6.45, 7) is 1.99. The number of fused-ring (bicyclic) bond motifs is 2. The molecule has 0 N–H and O–H groups in total. The Morgan fingerprint density at radius 3 is 2.40 bits per heavy atom. The van der Waals surface area contributed by atoms with Gasteiger partial charge in [0.05, 0.1) is 11.3 Å². The summed E-state index contributed by atoms with van der Waals surface area (Å²) in [6, 6.07) is 8.50. The van der Waals surface area contributed by atoms with Crippen molar-refractivity contribution in [3.8, 4) is 0 Å². The summed E-state index contributed by atoms with van der Waals surface area (Å²) in [4.78, 5) is 19.4. The lowest BCUT2D eigenvalue weighted by atomic mass is 10.0. The normalized spacial score (nSPS) is 25.6. The molecule has 0 amide bonds. The second-order valence-electron chi connectivity index (χ2n) is 5.86. The van der Waals surface area contributed by atoms with E-state index in [2.05, 4.69) is 17.1 Å². The number of rotatable bonds is 2. The minimum absolute atomic E-state index is 0.372. The van der Waals surface area contributed by atoms with Gasteiger partial charge in [0, 0.05) is 24.9 Å². The molecule has 2 fully saturated rings. The Morgan fingerprint density at radius 1 is 1.20 bits per heavy atom. The summed E-state index contributed by atoms with van der Waals surface area (Å²) in [5.74, 6) is -0.372. The Balaban J connectivity index is 1.63. The molecular formula is C16H20N2O2. The van der Waals surface area contributed by atoms with Gasteiger partial charge in [0.1, 0.15) is 0 Å². The number of aryl methyl sites for hydroxylation is 1. The van der Waals surface area contributed by atoms with Crippen LogP contribution in [0.2, 0.25) is 0 Å². The molecule has 0 spiro atoms. The molecule has 4 nitrogen and oxygen atoms in total. The maximum atomic E-state index is 11.9. The Hall–Kier alpha value is -1.68. The lowest BCUT2D eigenvalue weighted by molar-refractivity contribution is 0.0510. The quantitative estimate of drug-likeness (QED) is 0.614. The van der Waals surface area contributed by atoms with Crippen LogP contribution >= 0.6 is 0 Å². The summed E-state index contributed by atoms with van der Waals surface area (Å²) in [6.07, 6.45) is 4.31. The number of carbonyl (C=O) groups is 1. The molecule has 106 valence electrons. The highest BCUT2D eigenvalue weighted by atomic mass is 16.7. The number of benzene rings is 1. The molecule has 0 aliphatic carbocycles. The van der Waals surface area contributed by atoms with Gasteiger partial charge in [-0.15, -0.1) is 0 Å². The van der Waals surface area contributed by atoms with E-state index in [1.165, 1.54) is 12.8 Å². The topological polar surface area (TPSA) is 41.9 Å². The molecular weight excluding hydrogens is 252 g/mol. The highest BCUT2D eigenvalue weighted by molar-refractivity contribution is 5.91. The van der Waals surface area contributed by atoms with Gasteiger partial charge in [-0.05, 0) is 38.9 Å². The van der Waals surface area contributed by atoms with Crippen molar-refractivity contribution in [2.45, 2.75) is 44.7 Å². The molecule has 2 unspecified atom stereocenters. The summed E-state index contributed by atoms with van der Waals surface area (Å²) >= 11 is 0. The van der Waals surface area contributed by atoms with Gasteiger partial charge >= 0.3 is 5.97 Å². The highest BCUT2D eigenvalue weighted by Crippen LogP contribution is 2.32. The number of hydrogen-bond donors (Lipinski definition) is 0. The number of oxime groups is 1. The molecule has 0 saturated carbocycles. The smallest absolute Gasteiger partial charge is 0.313 e. The van der Waals surface area contributed by atoms with Crippen LogP contribution in [0.4, 0.5) is 0 Å². The predicted octanol–water partition coefficient (Wildman–Crippen LogP) is 2.76. The van der Waals surface area contributed by atoms with Crippen LogP contribution in [-0.2, 0) is 4.84 Å². The van der Waals surface area contributed by atoms with Crippen LogP contribution in [0.5, 0.6) is 0 Å². The monoisotopic (exact) mass is 272 g/mol. The van der Waals surface area contributed by atoms with Gasteiger partial charge in [0.15, 0.2) is 0 Å². The fraction of sp³-hybridized carbons (Fsp3) is 0.500. The minimum atomic E-state index is -0.372. The van der Waals surface area contributed by atoms with E-state index >= 15 is 0 Å². The average Bonchev–Trinajstić information content (AvgIpc) is 2.66. The van der Waals surface area contributed by atoms with Gasteiger partial charge in [0.25, 0.3) is 0 Å². The summed E-state index contributed by atoms with van der Waals surface area (Å²) in [5, 5.41) is 4.10. The van der Waals surface area contributed by atoms with Gasteiger partial charge in [-0.3, -0.25) is 4.90 Å². The van der Waals surface area contributed by atoms with Crippen LogP contribution in [0.3, 0.4) is 0 Å². The first-order valence-corrected chi connectivity index (χ1v) is 7.19. The predicted molar refractivity (Wildman–Crippen MR) is 77.8 cm³/mol. The molecule has 3 rings (SSSR count). The second kappa shape index (κ2) is 5.37. The SMILES string of the molecule is Cc1ccc(C(=O)ON=C2CC3CCC(C2)N3C)cc1. The zero-order valence-corrected chi connectivity index (χ0v) is 12.0. The van der Waals surface area contributed by atoms with Gasteiger partial charge in [0.2, 0.25) is 0 Å². The number of carbonyl (C=O) groups excluding carboxylic acids is 1. The van der Waals surface area contributed by atoms with E-state index in [9.17, 15) is 4.79 Å². The van der Waals surface area contributed by atoms with Gasteiger partial charge in [-0.1, -0.05) is 22.9 Å². The van der Waals surface area contributed by atoms with E-state index in [4.69, 9.17) is 4.84 Å². The number of hydrogen-bond acceptors (Lipinski definition) is 4. The van der Waals surface area contributed by atoms with E-state index in [0.717, 1.165) is 24.1 Å². The Labute approximate surface area is 119 Å². The fourth-order valence-electron chi connectivity index (χ4n) is 3.13. The van der Waals surface area contributed by atoms with E-state index < -0.39 is 0 Å². The fourth-order valence-corrected chi connectivity index (χ4v) is 3.13. The van der Waals surface area contributed by atoms with Crippen molar-refractivity contribution >= 4 is 11.7 Å². The Morgan fingerprint density at radius 2 is 1.80 bits per heavy atom. The third-order valence-corrected chi connectivity index (χ3v) is 4.47. The van der Waals surface area contributed by atoms with E-state index in [1.54, 1.807) is 12.1 Å². The first kappa shape index (κ1) is 13.3. The minimum Gasteiger partial charge on any atom is -0.313 e. The molecule has 2 saturated heterocycles. The standard InChI is InChI=1S/C16H20N2O2/c1-11-3-5-12(6-4-11)16(19)20-17-13-9-14-7-8-15(10-13)18(14)2/h3-6,14-15H,7-10H2,1-2H3. The summed E-state index contributed by atoms with van der Waals surface area (Å²) in [7, 11) is 2.18. The summed E-state index contributed by atoms with van der Waals surface area (Å²) in [5.41, 5.74) is 2.70. The van der Waals surface area contributed by atoms with Crippen molar-refractivity contribution in [3.05, 3.63) is 35.4 Å². The molecule has 4 heteroatoms. The Kier molecular flexibility index (Phi) is 3.57. The molecule has 2 aliphatic heterocycles. The van der Waals surface area contributed by atoms with Crippen LogP contribution < -0.4 is 0 Å². The second-order valence-corrected chi connectivity index (χ2v) is 5.86. The van der Waals surface area contributed by atoms with Crippen molar-refractivity contribution < 1.29 is 9.63 Å². The molecule has 1 aromatic carbocycles. The Bertz CT molecular complexity index is 520. The van der Waals surface area contributed by atoms with Crippen molar-refractivity contribution in [1.29, 1.82) is 0 Å². The maximum absolute atomic E-state index is 11.9. The molecule has 2 heterocycles. The zero-order valence-electron chi connectivity index (χ0n) is 12.0. The zero-order chi connectivity index (χ0) is 14.1. The lowest BCUT2D eigenvalue weighted by Crippen LogP contribution is -2.40. The van der Waals surface area contributed by atoms with Crippen molar-refractivity contribution in [2.24, 2.45) is 5.16 Å². The van der Waals surface area contributed by atoms with Crippen LogP contribution in [0, 0.1) is 6.92 Å². The average molecular weight is 272 g/mol. The first-order valence-electron chi connectivity index (χ1n) is 7.19. The molecule has 2 aliphatic rings. The molecule has 0 radical (unpaired) electrons. The molecule has 1 aromatic rings. The van der Waals surface area contributed by atoms with Crippen LogP contribution in [0.25, 0.3) is 0 Å². The maximum Gasteiger partial charge on any atom is 0.365 e. The van der Waals surface area contributed by atoms with Crippen molar-refractivity contribution in [3.63, 3.8) is 0 Å². The number of piperidine rings is 1. The molecule has 2 atom stereocenters. The van der Waals surface area contributed by atoms with E-state index in [1.807, 2.05) is 19.1 Å². The third kappa shape index (κ3) is 2.61. The largest absolute Gasteiger partial charge is 0.365 e. The van der Waals surface area contributed by atoms with Crippen LogP contribution in [0.1, 0.15) is 41.6 Å². The van der Waals surface area contributed by atoms with E-state index in [0.29, 0.717) is 17.6 Å². The lowest BCUT2D eigenvalue weighted by Gasteiger charge is -2.31.